The number of anilines is 1. The zero-order chi connectivity index (χ0) is 15.4. The van der Waals surface area contributed by atoms with E-state index in [0.717, 1.165) is 12.3 Å². The van der Waals surface area contributed by atoms with E-state index in [4.69, 9.17) is 18.0 Å². The second-order valence-electron chi connectivity index (χ2n) is 5.24. The lowest BCUT2D eigenvalue weighted by atomic mass is 10.1. The van der Waals surface area contributed by atoms with Crippen LogP contribution in [-0.2, 0) is 4.79 Å². The van der Waals surface area contributed by atoms with Gasteiger partial charge in [0.05, 0.1) is 12.2 Å². The molecule has 0 aromatic heterocycles. The van der Waals surface area contributed by atoms with Gasteiger partial charge in [0, 0.05) is 29.2 Å². The Morgan fingerprint density at radius 1 is 1.48 bits per heavy atom. The highest BCUT2D eigenvalue weighted by molar-refractivity contribution is 8.00. The maximum Gasteiger partial charge on any atom is 0.238 e. The Hall–Kier alpha value is -1.11. The maximum absolute atomic E-state index is 12.3. The minimum Gasteiger partial charge on any atom is -0.389 e. The molecule has 0 radical (unpaired) electrons. The van der Waals surface area contributed by atoms with Gasteiger partial charge >= 0.3 is 0 Å². The van der Waals surface area contributed by atoms with Crippen LogP contribution in [0.4, 0.5) is 5.69 Å². The molecule has 1 saturated heterocycles. The van der Waals surface area contributed by atoms with Crippen molar-refractivity contribution in [1.29, 1.82) is 0 Å². The van der Waals surface area contributed by atoms with Gasteiger partial charge in [-0.25, -0.2) is 0 Å². The highest BCUT2D eigenvalue weighted by Gasteiger charge is 2.26. The molecular weight excluding hydrogens is 302 g/mol. The van der Waals surface area contributed by atoms with Crippen molar-refractivity contribution in [3.05, 3.63) is 29.8 Å². The molecule has 1 aromatic carbocycles. The first-order chi connectivity index (χ1) is 9.99. The lowest BCUT2D eigenvalue weighted by molar-refractivity contribution is -0.117. The molecule has 1 heterocycles. The van der Waals surface area contributed by atoms with Crippen LogP contribution in [-0.4, -0.2) is 45.9 Å². The third-order valence-corrected chi connectivity index (χ3v) is 5.39. The van der Waals surface area contributed by atoms with E-state index >= 15 is 0 Å². The Kier molecular flexibility index (Phi) is 5.61. The second-order valence-corrected chi connectivity index (χ2v) is 7.17. The quantitative estimate of drug-likeness (QED) is 0.831. The summed E-state index contributed by atoms with van der Waals surface area (Å²) < 4.78 is 0. The molecule has 0 bridgehead atoms. The summed E-state index contributed by atoms with van der Waals surface area (Å²) in [6, 6.07) is 7.76. The molecule has 1 fully saturated rings. The van der Waals surface area contributed by atoms with E-state index in [1.807, 2.05) is 36.0 Å². The van der Waals surface area contributed by atoms with Crippen molar-refractivity contribution in [2.45, 2.75) is 25.1 Å². The number of nitrogens with zero attached hydrogens (tertiary/aromatic N) is 1. The van der Waals surface area contributed by atoms with E-state index in [0.29, 0.717) is 34.1 Å². The number of nitrogens with two attached hydrogens (primary N) is 1. The Morgan fingerprint density at radius 3 is 2.90 bits per heavy atom. The molecule has 21 heavy (non-hydrogen) atoms. The number of amides is 1. The summed E-state index contributed by atoms with van der Waals surface area (Å²) in [5.41, 5.74) is 7.07. The van der Waals surface area contributed by atoms with Crippen molar-refractivity contribution in [2.24, 2.45) is 5.73 Å². The molecule has 2 unspecified atom stereocenters. The van der Waals surface area contributed by atoms with Gasteiger partial charge in [0.25, 0.3) is 0 Å². The summed E-state index contributed by atoms with van der Waals surface area (Å²) in [5, 5.41) is 3.47. The van der Waals surface area contributed by atoms with Gasteiger partial charge in [-0.1, -0.05) is 31.3 Å². The first kappa shape index (κ1) is 16.3. The van der Waals surface area contributed by atoms with Gasteiger partial charge in [-0.05, 0) is 19.1 Å². The van der Waals surface area contributed by atoms with Gasteiger partial charge < -0.3 is 11.1 Å². The van der Waals surface area contributed by atoms with Crippen LogP contribution in [0.3, 0.4) is 0 Å². The highest BCUT2D eigenvalue weighted by Crippen LogP contribution is 2.24. The molecule has 4 nitrogen and oxygen atoms in total. The van der Waals surface area contributed by atoms with Gasteiger partial charge in [-0.2, -0.15) is 11.8 Å². The molecule has 0 aliphatic carbocycles. The lowest BCUT2D eigenvalue weighted by Gasteiger charge is -2.36. The summed E-state index contributed by atoms with van der Waals surface area (Å²) in [6.07, 6.45) is 0. The van der Waals surface area contributed by atoms with Crippen LogP contribution in [0.5, 0.6) is 0 Å². The monoisotopic (exact) mass is 323 g/mol. The summed E-state index contributed by atoms with van der Waals surface area (Å²) in [6.45, 7) is 5.73. The zero-order valence-corrected chi connectivity index (χ0v) is 14.0. The molecule has 6 heteroatoms. The van der Waals surface area contributed by atoms with Gasteiger partial charge in [0.15, 0.2) is 0 Å². The van der Waals surface area contributed by atoms with Gasteiger partial charge in [0.2, 0.25) is 5.91 Å². The van der Waals surface area contributed by atoms with Crippen molar-refractivity contribution in [1.82, 2.24) is 4.90 Å². The maximum atomic E-state index is 12.3. The predicted octanol–water partition coefficient (Wildman–Crippen LogP) is 2.09. The van der Waals surface area contributed by atoms with Gasteiger partial charge in [-0.3, -0.25) is 9.69 Å². The number of rotatable bonds is 4. The summed E-state index contributed by atoms with van der Waals surface area (Å²) in [5.74, 6) is 1.05. The highest BCUT2D eigenvalue weighted by atomic mass is 32.2. The number of thiocarbonyl (C=S) groups is 1. The van der Waals surface area contributed by atoms with E-state index in [1.165, 1.54) is 0 Å². The SMILES string of the molecule is CC1SCCN(CC(=O)Nc2ccccc2C(N)=S)C1C. The minimum absolute atomic E-state index is 0.0235. The van der Waals surface area contributed by atoms with Crippen molar-refractivity contribution < 1.29 is 4.79 Å². The fraction of sp³-hybridized carbons (Fsp3) is 0.467. The number of hydrogen-bond acceptors (Lipinski definition) is 4. The van der Waals surface area contributed by atoms with Crippen molar-refractivity contribution in [3.8, 4) is 0 Å². The van der Waals surface area contributed by atoms with Gasteiger partial charge in [-0.15, -0.1) is 0 Å². The molecule has 2 rings (SSSR count). The van der Waals surface area contributed by atoms with E-state index in [2.05, 4.69) is 24.1 Å². The molecule has 3 N–H and O–H groups in total. The topological polar surface area (TPSA) is 58.4 Å². The summed E-state index contributed by atoms with van der Waals surface area (Å²) in [7, 11) is 0. The van der Waals surface area contributed by atoms with E-state index < -0.39 is 0 Å². The third-order valence-electron chi connectivity index (χ3n) is 3.83. The van der Waals surface area contributed by atoms with Crippen LogP contribution < -0.4 is 11.1 Å². The summed E-state index contributed by atoms with van der Waals surface area (Å²) in [4.78, 5) is 14.8. The molecule has 1 amide bonds. The first-order valence-corrected chi connectivity index (χ1v) is 8.49. The fourth-order valence-electron chi connectivity index (χ4n) is 2.40. The number of hydrogen-bond donors (Lipinski definition) is 2. The number of carbonyl (C=O) groups is 1. The first-order valence-electron chi connectivity index (χ1n) is 7.03. The van der Waals surface area contributed by atoms with Crippen LogP contribution in [0.2, 0.25) is 0 Å². The number of carbonyl (C=O) groups excluding carboxylic acids is 1. The zero-order valence-electron chi connectivity index (χ0n) is 12.3. The lowest BCUT2D eigenvalue weighted by Crippen LogP contribution is -2.47. The van der Waals surface area contributed by atoms with Crippen LogP contribution in [0.1, 0.15) is 19.4 Å². The number of nitrogens with one attached hydrogen (secondary N) is 1. The Balaban J connectivity index is 2.00. The van der Waals surface area contributed by atoms with Crippen LogP contribution in [0.25, 0.3) is 0 Å². The van der Waals surface area contributed by atoms with Crippen LogP contribution in [0.15, 0.2) is 24.3 Å². The molecule has 2 atom stereocenters. The molecule has 1 aromatic rings. The van der Waals surface area contributed by atoms with Gasteiger partial charge in [0.1, 0.15) is 4.99 Å². The molecular formula is C15H21N3OS2. The standard InChI is InChI=1S/C15H21N3OS2/c1-10-11(2)21-8-7-18(10)9-14(19)17-13-6-4-3-5-12(13)15(16)20/h3-6,10-11H,7-9H2,1-2H3,(H2,16,20)(H,17,19). The normalized spacial score (nSPS) is 22.8. The average Bonchev–Trinajstić information content (AvgIpc) is 2.44. The van der Waals surface area contributed by atoms with Crippen LogP contribution in [0, 0.1) is 0 Å². The number of para-hydroxylation sites is 1. The van der Waals surface area contributed by atoms with E-state index in [9.17, 15) is 4.79 Å². The largest absolute Gasteiger partial charge is 0.389 e. The Labute approximate surface area is 135 Å². The molecule has 1 aliphatic rings. The number of benzene rings is 1. The number of thioether (sulfide) groups is 1. The molecule has 114 valence electrons. The Morgan fingerprint density at radius 2 is 2.19 bits per heavy atom. The minimum atomic E-state index is -0.0235. The second kappa shape index (κ2) is 7.24. The molecule has 0 spiro atoms. The Bertz CT molecular complexity index is 535. The fourth-order valence-corrected chi connectivity index (χ4v) is 3.74. The van der Waals surface area contributed by atoms with Crippen LogP contribution >= 0.6 is 24.0 Å². The average molecular weight is 323 g/mol. The van der Waals surface area contributed by atoms with Crippen molar-refractivity contribution in [2.75, 3.05) is 24.2 Å². The van der Waals surface area contributed by atoms with E-state index in [-0.39, 0.29) is 5.91 Å². The third kappa shape index (κ3) is 4.18. The smallest absolute Gasteiger partial charge is 0.238 e. The van der Waals surface area contributed by atoms with Crippen molar-refractivity contribution >= 4 is 40.6 Å². The predicted molar refractivity (Wildman–Crippen MR) is 93.9 cm³/mol. The molecule has 0 saturated carbocycles. The van der Waals surface area contributed by atoms with Crippen molar-refractivity contribution in [3.63, 3.8) is 0 Å². The molecule has 1 aliphatic heterocycles. The van der Waals surface area contributed by atoms with E-state index in [1.54, 1.807) is 0 Å². The summed E-state index contributed by atoms with van der Waals surface area (Å²) >= 11 is 6.97.